The second kappa shape index (κ2) is 4.20. The average Bonchev–Trinajstić information content (AvgIpc) is 2.76. The molecule has 0 aromatic carbocycles. The van der Waals surface area contributed by atoms with Crippen LogP contribution in [-0.4, -0.2) is 22.9 Å². The van der Waals surface area contributed by atoms with E-state index < -0.39 is 17.8 Å². The smallest absolute Gasteiger partial charge is 0.338 e. The van der Waals surface area contributed by atoms with Crippen molar-refractivity contribution in [2.24, 2.45) is 11.8 Å². The highest BCUT2D eigenvalue weighted by molar-refractivity contribution is 7.17. The maximum absolute atomic E-state index is 12.0. The van der Waals surface area contributed by atoms with Crippen molar-refractivity contribution in [1.82, 2.24) is 0 Å². The normalized spacial score (nSPS) is 23.8. The molecule has 0 radical (unpaired) electrons. The van der Waals surface area contributed by atoms with Crippen LogP contribution in [0, 0.1) is 18.8 Å². The van der Waals surface area contributed by atoms with Crippen LogP contribution in [0.15, 0.2) is 6.07 Å². The quantitative estimate of drug-likeness (QED) is 0.830. The molecule has 1 aliphatic heterocycles. The van der Waals surface area contributed by atoms with Crippen LogP contribution in [0.2, 0.25) is 0 Å². The van der Waals surface area contributed by atoms with Gasteiger partial charge < -0.3 is 5.11 Å². The number of carbonyl (C=O) groups excluding carboxylic acids is 2. The Hall–Kier alpha value is -1.69. The maximum Gasteiger partial charge on any atom is 0.338 e. The molecule has 5 nitrogen and oxygen atoms in total. The van der Waals surface area contributed by atoms with Gasteiger partial charge >= 0.3 is 5.97 Å². The van der Waals surface area contributed by atoms with Gasteiger partial charge in [-0.3, -0.25) is 9.59 Å². The minimum absolute atomic E-state index is 0.0144. The van der Waals surface area contributed by atoms with Gasteiger partial charge in [0.25, 0.3) is 0 Å². The molecule has 1 fully saturated rings. The minimum Gasteiger partial charge on any atom is -0.478 e. The van der Waals surface area contributed by atoms with E-state index in [-0.39, 0.29) is 22.4 Å². The molecule has 18 heavy (non-hydrogen) atoms. The Morgan fingerprint density at radius 1 is 1.28 bits per heavy atom. The number of aryl methyl sites for hydroxylation is 1. The summed E-state index contributed by atoms with van der Waals surface area (Å²) in [5, 5.41) is 9.33. The van der Waals surface area contributed by atoms with E-state index >= 15 is 0 Å². The zero-order chi connectivity index (χ0) is 13.6. The molecule has 0 aliphatic carbocycles. The number of aromatic carboxylic acids is 1. The number of carboxylic acid groups (broad SMARTS) is 1. The van der Waals surface area contributed by atoms with Crippen LogP contribution in [0.25, 0.3) is 0 Å². The monoisotopic (exact) mass is 267 g/mol. The fourth-order valence-electron chi connectivity index (χ4n) is 1.97. The minimum atomic E-state index is -1.12. The number of amides is 2. The summed E-state index contributed by atoms with van der Waals surface area (Å²) in [5.41, 5.74) is 0.0144. The van der Waals surface area contributed by atoms with Crippen LogP contribution in [0.5, 0.6) is 0 Å². The van der Waals surface area contributed by atoms with E-state index in [2.05, 4.69) is 0 Å². The first-order valence-electron chi connectivity index (χ1n) is 5.56. The van der Waals surface area contributed by atoms with Gasteiger partial charge in [0.05, 0.1) is 5.56 Å². The van der Waals surface area contributed by atoms with Crippen molar-refractivity contribution >= 4 is 34.1 Å². The molecule has 96 valence electrons. The second-order valence-electron chi connectivity index (χ2n) is 4.47. The highest BCUT2D eigenvalue weighted by Crippen LogP contribution is 2.37. The summed E-state index contributed by atoms with van der Waals surface area (Å²) in [7, 11) is 0. The standard InChI is InChI=1S/C12H13NO4S/c1-5-4-8(12(16)17)11(18-5)13-9(14)6(2)7(3)10(13)15/h4,6-7H,1-3H3,(H,16,17). The van der Waals surface area contributed by atoms with Gasteiger partial charge in [0.1, 0.15) is 5.00 Å². The first-order chi connectivity index (χ1) is 8.34. The van der Waals surface area contributed by atoms with E-state index in [1.54, 1.807) is 20.8 Å². The van der Waals surface area contributed by atoms with Crippen molar-refractivity contribution in [3.8, 4) is 0 Å². The number of thiophene rings is 1. The van der Waals surface area contributed by atoms with Gasteiger partial charge in [0, 0.05) is 16.7 Å². The Kier molecular flexibility index (Phi) is 2.98. The van der Waals surface area contributed by atoms with Crippen LogP contribution >= 0.6 is 11.3 Å². The van der Waals surface area contributed by atoms with Crippen LogP contribution in [0.4, 0.5) is 5.00 Å². The summed E-state index contributed by atoms with van der Waals surface area (Å²) in [4.78, 5) is 37.0. The van der Waals surface area contributed by atoms with E-state index in [1.807, 2.05) is 0 Å². The zero-order valence-corrected chi connectivity index (χ0v) is 11.1. The molecule has 1 aromatic heterocycles. The van der Waals surface area contributed by atoms with Crippen molar-refractivity contribution in [3.63, 3.8) is 0 Å². The molecule has 6 heteroatoms. The van der Waals surface area contributed by atoms with Gasteiger partial charge in [-0.1, -0.05) is 13.8 Å². The number of nitrogens with zero attached hydrogens (tertiary/aromatic N) is 1. The maximum atomic E-state index is 12.0. The van der Waals surface area contributed by atoms with Crippen LogP contribution < -0.4 is 4.90 Å². The third kappa shape index (κ3) is 1.73. The van der Waals surface area contributed by atoms with Gasteiger partial charge in [0.2, 0.25) is 11.8 Å². The zero-order valence-electron chi connectivity index (χ0n) is 10.3. The molecular formula is C12H13NO4S. The van der Waals surface area contributed by atoms with E-state index in [1.165, 1.54) is 6.07 Å². The second-order valence-corrected chi connectivity index (χ2v) is 5.71. The molecule has 2 heterocycles. The third-order valence-corrected chi connectivity index (χ3v) is 4.27. The van der Waals surface area contributed by atoms with Crippen molar-refractivity contribution in [2.45, 2.75) is 20.8 Å². The summed E-state index contributed by atoms with van der Waals surface area (Å²) in [6, 6.07) is 1.48. The molecule has 2 amide bonds. The fourth-order valence-corrected chi connectivity index (χ4v) is 2.97. The summed E-state index contributed by atoms with van der Waals surface area (Å²) in [6.45, 7) is 5.12. The largest absolute Gasteiger partial charge is 0.478 e. The van der Waals surface area contributed by atoms with E-state index in [0.717, 1.165) is 21.1 Å². The van der Waals surface area contributed by atoms with Crippen molar-refractivity contribution in [2.75, 3.05) is 4.90 Å². The van der Waals surface area contributed by atoms with Gasteiger partial charge in [-0.2, -0.15) is 0 Å². The molecule has 1 aromatic rings. The third-order valence-electron chi connectivity index (χ3n) is 3.24. The Balaban J connectivity index is 2.53. The Morgan fingerprint density at radius 2 is 1.78 bits per heavy atom. The highest BCUT2D eigenvalue weighted by atomic mass is 32.1. The molecule has 0 saturated carbocycles. The van der Waals surface area contributed by atoms with Crippen molar-refractivity contribution in [1.29, 1.82) is 0 Å². The summed E-state index contributed by atoms with van der Waals surface area (Å²) >= 11 is 1.15. The van der Waals surface area contributed by atoms with Gasteiger partial charge in [-0.25, -0.2) is 9.69 Å². The predicted octanol–water partition coefficient (Wildman–Crippen LogP) is 1.90. The Labute approximate surface area is 108 Å². The lowest BCUT2D eigenvalue weighted by Crippen LogP contribution is -2.31. The first-order valence-corrected chi connectivity index (χ1v) is 6.37. The number of anilines is 1. The summed E-state index contributed by atoms with van der Waals surface area (Å²) in [5.74, 6) is -2.57. The summed E-state index contributed by atoms with van der Waals surface area (Å²) < 4.78 is 0. The van der Waals surface area contributed by atoms with Gasteiger partial charge in [-0.15, -0.1) is 11.3 Å². The van der Waals surface area contributed by atoms with Crippen LogP contribution in [-0.2, 0) is 9.59 Å². The van der Waals surface area contributed by atoms with Gasteiger partial charge in [-0.05, 0) is 13.0 Å². The molecular weight excluding hydrogens is 254 g/mol. The SMILES string of the molecule is Cc1cc(C(=O)O)c(N2C(=O)C(C)C(C)C2=O)s1. The Morgan fingerprint density at radius 3 is 2.22 bits per heavy atom. The first kappa shape index (κ1) is 12.8. The molecule has 2 rings (SSSR count). The van der Waals surface area contributed by atoms with E-state index in [9.17, 15) is 14.4 Å². The Bertz CT molecular complexity index is 528. The number of carboxylic acids is 1. The lowest BCUT2D eigenvalue weighted by molar-refractivity contribution is -0.122. The predicted molar refractivity (Wildman–Crippen MR) is 66.8 cm³/mol. The molecule has 2 atom stereocenters. The summed E-state index contributed by atoms with van der Waals surface area (Å²) in [6.07, 6.45) is 0. The van der Waals surface area contributed by atoms with E-state index in [4.69, 9.17) is 5.11 Å². The fraction of sp³-hybridized carbons (Fsp3) is 0.417. The number of rotatable bonds is 2. The number of carbonyl (C=O) groups is 3. The number of hydrogen-bond acceptors (Lipinski definition) is 4. The molecule has 1 aliphatic rings. The molecule has 2 unspecified atom stereocenters. The van der Waals surface area contributed by atoms with Crippen LogP contribution in [0.1, 0.15) is 29.1 Å². The van der Waals surface area contributed by atoms with Crippen molar-refractivity contribution in [3.05, 3.63) is 16.5 Å². The molecule has 0 spiro atoms. The highest BCUT2D eigenvalue weighted by Gasteiger charge is 2.44. The van der Waals surface area contributed by atoms with Crippen LogP contribution in [0.3, 0.4) is 0 Å². The topological polar surface area (TPSA) is 74.7 Å². The number of imide groups is 1. The van der Waals surface area contributed by atoms with Crippen molar-refractivity contribution < 1.29 is 19.5 Å². The molecule has 1 N–H and O–H groups in total. The molecule has 0 bridgehead atoms. The van der Waals surface area contributed by atoms with E-state index in [0.29, 0.717) is 0 Å². The van der Waals surface area contributed by atoms with Gasteiger partial charge in [0.15, 0.2) is 0 Å². The molecule has 1 saturated heterocycles. The lowest BCUT2D eigenvalue weighted by Gasteiger charge is -2.13. The average molecular weight is 267 g/mol. The number of hydrogen-bond donors (Lipinski definition) is 1. The lowest BCUT2D eigenvalue weighted by atomic mass is 10.00.